The molecule has 0 amide bonds. The topological polar surface area (TPSA) is 18.5 Å². The molecule has 1 aliphatic carbocycles. The van der Waals surface area contributed by atoms with Gasteiger partial charge in [0.2, 0.25) is 0 Å². The van der Waals surface area contributed by atoms with E-state index in [0.29, 0.717) is 5.54 Å². The van der Waals surface area contributed by atoms with Gasteiger partial charge in [0.1, 0.15) is 0 Å². The Hall–Kier alpha value is -0.120. The molecule has 3 nitrogen and oxygen atoms in total. The highest BCUT2D eigenvalue weighted by Crippen LogP contribution is 2.36. The van der Waals surface area contributed by atoms with Crippen molar-refractivity contribution in [2.75, 3.05) is 47.8 Å². The van der Waals surface area contributed by atoms with Crippen LogP contribution in [0.25, 0.3) is 0 Å². The molecule has 1 atom stereocenters. The van der Waals surface area contributed by atoms with Gasteiger partial charge in [-0.15, -0.1) is 0 Å². The lowest BCUT2D eigenvalue weighted by Gasteiger charge is -2.49. The van der Waals surface area contributed by atoms with Crippen molar-refractivity contribution in [2.24, 2.45) is 5.92 Å². The molecule has 0 aromatic carbocycles. The van der Waals surface area contributed by atoms with Crippen LogP contribution in [0.4, 0.5) is 0 Å². The monoisotopic (exact) mass is 227 g/mol. The molecule has 0 bridgehead atoms. The molecule has 1 unspecified atom stereocenters. The third-order valence-corrected chi connectivity index (χ3v) is 3.97. The molecule has 0 heterocycles. The fourth-order valence-corrected chi connectivity index (χ4v) is 2.84. The minimum absolute atomic E-state index is 0.466. The van der Waals surface area contributed by atoms with Crippen LogP contribution in [0.5, 0.6) is 0 Å². The molecular formula is C13H29N3. The summed E-state index contributed by atoms with van der Waals surface area (Å²) in [6.07, 6.45) is 4.13. The summed E-state index contributed by atoms with van der Waals surface area (Å²) in [6, 6.07) is 0. The largest absolute Gasteiger partial charge is 0.319 e. The maximum Gasteiger partial charge on any atom is 0.0330 e. The molecule has 1 rings (SSSR count). The number of hydrogen-bond acceptors (Lipinski definition) is 3. The van der Waals surface area contributed by atoms with Gasteiger partial charge in [0.15, 0.2) is 0 Å². The Morgan fingerprint density at radius 1 is 1.25 bits per heavy atom. The van der Waals surface area contributed by atoms with Crippen molar-refractivity contribution < 1.29 is 0 Å². The first-order chi connectivity index (χ1) is 7.50. The summed E-state index contributed by atoms with van der Waals surface area (Å²) >= 11 is 0. The van der Waals surface area contributed by atoms with Crippen LogP contribution >= 0.6 is 0 Å². The standard InChI is InChI=1S/C13H29N3/c1-12(9-14-2)10-16(5)11-13(15(3)4)7-6-8-13/h12,14H,6-11H2,1-5H3. The Balaban J connectivity index is 2.35. The van der Waals surface area contributed by atoms with Crippen LogP contribution in [-0.4, -0.2) is 63.2 Å². The second-order valence-electron chi connectivity index (χ2n) is 5.83. The first-order valence-electron chi connectivity index (χ1n) is 6.51. The molecular weight excluding hydrogens is 198 g/mol. The molecule has 0 spiro atoms. The Morgan fingerprint density at radius 2 is 1.88 bits per heavy atom. The normalized spacial score (nSPS) is 21.2. The van der Waals surface area contributed by atoms with Crippen LogP contribution in [0.3, 0.4) is 0 Å². The van der Waals surface area contributed by atoms with Crippen molar-refractivity contribution in [1.29, 1.82) is 0 Å². The molecule has 0 saturated heterocycles. The first-order valence-corrected chi connectivity index (χ1v) is 6.51. The summed E-state index contributed by atoms with van der Waals surface area (Å²) in [5.41, 5.74) is 0.466. The first kappa shape index (κ1) is 13.9. The fourth-order valence-electron chi connectivity index (χ4n) is 2.84. The quantitative estimate of drug-likeness (QED) is 0.706. The van der Waals surface area contributed by atoms with Crippen LogP contribution < -0.4 is 5.32 Å². The maximum atomic E-state index is 3.25. The van der Waals surface area contributed by atoms with Gasteiger partial charge in [0, 0.05) is 18.6 Å². The molecule has 1 fully saturated rings. The van der Waals surface area contributed by atoms with Crippen molar-refractivity contribution in [3.63, 3.8) is 0 Å². The van der Waals surface area contributed by atoms with E-state index < -0.39 is 0 Å². The number of hydrogen-bond donors (Lipinski definition) is 1. The Morgan fingerprint density at radius 3 is 2.25 bits per heavy atom. The molecule has 96 valence electrons. The summed E-state index contributed by atoms with van der Waals surface area (Å²) in [6.45, 7) is 5.83. The van der Waals surface area contributed by atoms with Crippen molar-refractivity contribution in [3.05, 3.63) is 0 Å². The van der Waals surface area contributed by atoms with E-state index in [4.69, 9.17) is 0 Å². The molecule has 1 saturated carbocycles. The zero-order valence-corrected chi connectivity index (χ0v) is 11.7. The van der Waals surface area contributed by atoms with Gasteiger partial charge in [0.25, 0.3) is 0 Å². The predicted octanol–water partition coefficient (Wildman–Crippen LogP) is 1.26. The van der Waals surface area contributed by atoms with Crippen molar-refractivity contribution in [1.82, 2.24) is 15.1 Å². The van der Waals surface area contributed by atoms with E-state index >= 15 is 0 Å². The van der Waals surface area contributed by atoms with E-state index in [2.05, 4.69) is 43.2 Å². The zero-order chi connectivity index (χ0) is 12.2. The number of rotatable bonds is 7. The molecule has 0 aromatic rings. The van der Waals surface area contributed by atoms with Gasteiger partial charge in [-0.05, 0) is 59.9 Å². The van der Waals surface area contributed by atoms with Gasteiger partial charge in [-0.1, -0.05) is 6.92 Å². The van der Waals surface area contributed by atoms with Crippen LogP contribution in [0, 0.1) is 5.92 Å². The Bertz CT molecular complexity index is 199. The molecule has 0 aliphatic heterocycles. The Labute approximate surface area is 101 Å². The average Bonchev–Trinajstić information content (AvgIpc) is 2.10. The van der Waals surface area contributed by atoms with Gasteiger partial charge >= 0.3 is 0 Å². The van der Waals surface area contributed by atoms with Crippen LogP contribution in [0.15, 0.2) is 0 Å². The van der Waals surface area contributed by atoms with Crippen molar-refractivity contribution >= 4 is 0 Å². The minimum Gasteiger partial charge on any atom is -0.319 e. The van der Waals surface area contributed by atoms with Gasteiger partial charge in [0.05, 0.1) is 0 Å². The van der Waals surface area contributed by atoms with E-state index in [1.165, 1.54) is 32.4 Å². The SMILES string of the molecule is CNCC(C)CN(C)CC1(N(C)C)CCC1. The van der Waals surface area contributed by atoms with E-state index in [9.17, 15) is 0 Å². The lowest BCUT2D eigenvalue weighted by molar-refractivity contribution is 0.0247. The number of nitrogens with one attached hydrogen (secondary N) is 1. The molecule has 1 N–H and O–H groups in total. The highest BCUT2D eigenvalue weighted by atomic mass is 15.2. The van der Waals surface area contributed by atoms with Gasteiger partial charge in [-0.2, -0.15) is 0 Å². The summed E-state index contributed by atoms with van der Waals surface area (Å²) in [5, 5.41) is 3.25. The second-order valence-corrected chi connectivity index (χ2v) is 5.83. The van der Waals surface area contributed by atoms with Gasteiger partial charge in [-0.25, -0.2) is 0 Å². The Kier molecular flexibility index (Phi) is 5.22. The zero-order valence-electron chi connectivity index (χ0n) is 11.7. The molecule has 0 aromatic heterocycles. The minimum atomic E-state index is 0.466. The fraction of sp³-hybridized carbons (Fsp3) is 1.00. The summed E-state index contributed by atoms with van der Waals surface area (Å²) in [7, 11) is 8.74. The van der Waals surface area contributed by atoms with Gasteiger partial charge < -0.3 is 15.1 Å². The second kappa shape index (κ2) is 5.99. The lowest BCUT2D eigenvalue weighted by atomic mass is 9.75. The maximum absolute atomic E-state index is 3.25. The van der Waals surface area contributed by atoms with Crippen LogP contribution in [0.2, 0.25) is 0 Å². The van der Waals surface area contributed by atoms with E-state index in [1.54, 1.807) is 0 Å². The number of nitrogens with zero attached hydrogens (tertiary/aromatic N) is 2. The number of likely N-dealkylation sites (N-methyl/N-ethyl adjacent to an activating group) is 2. The van der Waals surface area contributed by atoms with Crippen molar-refractivity contribution in [2.45, 2.75) is 31.7 Å². The molecule has 0 radical (unpaired) electrons. The summed E-state index contributed by atoms with van der Waals surface area (Å²) in [5.74, 6) is 0.731. The third kappa shape index (κ3) is 3.44. The predicted molar refractivity (Wildman–Crippen MR) is 70.9 cm³/mol. The summed E-state index contributed by atoms with van der Waals surface area (Å²) in [4.78, 5) is 4.93. The third-order valence-electron chi connectivity index (χ3n) is 3.97. The average molecular weight is 227 g/mol. The smallest absolute Gasteiger partial charge is 0.0330 e. The van der Waals surface area contributed by atoms with E-state index in [-0.39, 0.29) is 0 Å². The highest BCUT2D eigenvalue weighted by Gasteiger charge is 2.39. The molecule has 3 heteroatoms. The van der Waals surface area contributed by atoms with E-state index in [0.717, 1.165) is 12.5 Å². The molecule has 1 aliphatic rings. The molecule has 16 heavy (non-hydrogen) atoms. The summed E-state index contributed by atoms with van der Waals surface area (Å²) < 4.78 is 0. The highest BCUT2D eigenvalue weighted by molar-refractivity contribution is 4.97. The van der Waals surface area contributed by atoms with Crippen LogP contribution in [0.1, 0.15) is 26.2 Å². The van der Waals surface area contributed by atoms with Crippen LogP contribution in [-0.2, 0) is 0 Å². The van der Waals surface area contributed by atoms with E-state index in [1.807, 2.05) is 7.05 Å². The van der Waals surface area contributed by atoms with Gasteiger partial charge in [-0.3, -0.25) is 0 Å². The lowest BCUT2D eigenvalue weighted by Crippen LogP contribution is -2.57. The van der Waals surface area contributed by atoms with Crippen molar-refractivity contribution in [3.8, 4) is 0 Å².